The highest BCUT2D eigenvalue weighted by Crippen LogP contribution is 2.48. The summed E-state index contributed by atoms with van der Waals surface area (Å²) in [6, 6.07) is 12.3. The van der Waals surface area contributed by atoms with E-state index in [1.807, 2.05) is 26.0 Å². The Kier molecular flexibility index (Phi) is 4.71. The molecule has 6 heteroatoms. The van der Waals surface area contributed by atoms with E-state index in [1.54, 1.807) is 30.3 Å². The van der Waals surface area contributed by atoms with Gasteiger partial charge in [-0.3, -0.25) is 9.59 Å². The van der Waals surface area contributed by atoms with E-state index < -0.39 is 5.41 Å². The van der Waals surface area contributed by atoms with Crippen molar-refractivity contribution >= 4 is 34.8 Å². The van der Waals surface area contributed by atoms with Gasteiger partial charge >= 0.3 is 0 Å². The first-order valence-electron chi connectivity index (χ1n) is 8.25. The van der Waals surface area contributed by atoms with Crippen molar-refractivity contribution in [2.45, 2.75) is 26.7 Å². The highest BCUT2D eigenvalue weighted by Gasteiger charge is 2.56. The number of amides is 2. The number of benzene rings is 2. The molecule has 132 valence electrons. The molecule has 0 atom stereocenters. The molecule has 0 saturated heterocycles. The lowest BCUT2D eigenvalue weighted by Gasteiger charge is -2.17. The second-order valence-electron chi connectivity index (χ2n) is 6.62. The highest BCUT2D eigenvalue weighted by molar-refractivity contribution is 6.34. The van der Waals surface area contributed by atoms with Gasteiger partial charge in [0.2, 0.25) is 11.8 Å². The Morgan fingerprint density at radius 3 is 2.42 bits per heavy atom. The molecular weight excluding hydrogens is 350 g/mol. The third kappa shape index (κ3) is 3.42. The van der Waals surface area contributed by atoms with E-state index in [4.69, 9.17) is 16.9 Å². The second-order valence-corrected chi connectivity index (χ2v) is 7.03. The van der Waals surface area contributed by atoms with Crippen LogP contribution in [0.1, 0.15) is 29.5 Å². The molecule has 0 unspecified atom stereocenters. The molecule has 3 rings (SSSR count). The highest BCUT2D eigenvalue weighted by atomic mass is 35.5. The molecule has 0 heterocycles. The lowest BCUT2D eigenvalue weighted by molar-refractivity contribution is -0.131. The number of carbonyl (C=O) groups is 2. The first kappa shape index (κ1) is 18.0. The van der Waals surface area contributed by atoms with Crippen molar-refractivity contribution < 1.29 is 9.59 Å². The topological polar surface area (TPSA) is 82.0 Å². The van der Waals surface area contributed by atoms with Crippen molar-refractivity contribution in [3.63, 3.8) is 0 Å². The van der Waals surface area contributed by atoms with Gasteiger partial charge in [0, 0.05) is 5.69 Å². The minimum absolute atomic E-state index is 0.361. The maximum atomic E-state index is 12.8. The van der Waals surface area contributed by atoms with Crippen molar-refractivity contribution in [3.05, 3.63) is 58.1 Å². The number of aryl methyl sites for hydroxylation is 2. The molecule has 0 bridgehead atoms. The Bertz CT molecular complexity index is 919. The van der Waals surface area contributed by atoms with Crippen LogP contribution >= 0.6 is 11.6 Å². The lowest BCUT2D eigenvalue weighted by Crippen LogP contribution is -2.35. The third-order valence-corrected chi connectivity index (χ3v) is 4.84. The number of nitrogens with one attached hydrogen (secondary N) is 2. The van der Waals surface area contributed by atoms with Crippen LogP contribution < -0.4 is 10.6 Å². The summed E-state index contributed by atoms with van der Waals surface area (Å²) in [4.78, 5) is 25.4. The van der Waals surface area contributed by atoms with Crippen molar-refractivity contribution in [2.24, 2.45) is 5.41 Å². The average Bonchev–Trinajstić information content (AvgIpc) is 3.40. The van der Waals surface area contributed by atoms with E-state index >= 15 is 0 Å². The fourth-order valence-corrected chi connectivity index (χ4v) is 3.28. The standard InChI is InChI=1S/C20H18ClN3O2/c1-12-8-13(2)17(16(21)9-12)24-19(26)20(6-7-20)18(25)23-15-5-3-4-14(10-15)11-22/h3-5,8-10H,6-7H2,1-2H3,(H,23,25)(H,24,26). The molecule has 0 spiro atoms. The van der Waals surface area contributed by atoms with E-state index in [9.17, 15) is 9.59 Å². The van der Waals surface area contributed by atoms with Gasteiger partial charge in [-0.1, -0.05) is 23.7 Å². The Morgan fingerprint density at radius 2 is 1.81 bits per heavy atom. The Balaban J connectivity index is 1.77. The van der Waals surface area contributed by atoms with Crippen LogP contribution in [-0.2, 0) is 9.59 Å². The quantitative estimate of drug-likeness (QED) is 0.795. The Labute approximate surface area is 157 Å². The zero-order valence-electron chi connectivity index (χ0n) is 14.5. The fourth-order valence-electron chi connectivity index (χ4n) is 2.91. The summed E-state index contributed by atoms with van der Waals surface area (Å²) < 4.78 is 0. The molecule has 1 aliphatic rings. The molecule has 2 aromatic rings. The molecule has 2 aromatic carbocycles. The minimum atomic E-state index is -1.09. The summed E-state index contributed by atoms with van der Waals surface area (Å²) >= 11 is 6.25. The number of rotatable bonds is 4. The first-order chi connectivity index (χ1) is 12.4. The number of hydrogen-bond acceptors (Lipinski definition) is 3. The van der Waals surface area contributed by atoms with Gasteiger partial charge in [-0.25, -0.2) is 0 Å². The molecular formula is C20H18ClN3O2. The zero-order chi connectivity index (χ0) is 18.9. The summed E-state index contributed by atoms with van der Waals surface area (Å²) in [5, 5.41) is 15.0. The van der Waals surface area contributed by atoms with Crippen LogP contribution in [0.5, 0.6) is 0 Å². The summed E-state index contributed by atoms with van der Waals surface area (Å²) in [5.74, 6) is -0.730. The van der Waals surface area contributed by atoms with E-state index in [0.29, 0.717) is 34.8 Å². The van der Waals surface area contributed by atoms with E-state index in [0.717, 1.165) is 11.1 Å². The van der Waals surface area contributed by atoms with Gasteiger partial charge < -0.3 is 10.6 Å². The zero-order valence-corrected chi connectivity index (χ0v) is 15.3. The van der Waals surface area contributed by atoms with Gasteiger partial charge in [0.1, 0.15) is 5.41 Å². The van der Waals surface area contributed by atoms with Crippen LogP contribution in [-0.4, -0.2) is 11.8 Å². The van der Waals surface area contributed by atoms with Crippen LogP contribution in [0, 0.1) is 30.6 Å². The van der Waals surface area contributed by atoms with Gasteiger partial charge in [-0.15, -0.1) is 0 Å². The number of nitrogens with zero attached hydrogens (tertiary/aromatic N) is 1. The second kappa shape index (κ2) is 6.81. The summed E-state index contributed by atoms with van der Waals surface area (Å²) in [7, 11) is 0. The predicted molar refractivity (Wildman–Crippen MR) is 101 cm³/mol. The van der Waals surface area contributed by atoms with Gasteiger partial charge in [-0.05, 0) is 62.1 Å². The molecule has 0 aromatic heterocycles. The van der Waals surface area contributed by atoms with Crippen molar-refractivity contribution in [1.29, 1.82) is 5.26 Å². The molecule has 1 fully saturated rings. The monoisotopic (exact) mass is 367 g/mol. The average molecular weight is 368 g/mol. The summed E-state index contributed by atoms with van der Waals surface area (Å²) in [5.41, 5.74) is 2.23. The number of carbonyl (C=O) groups excluding carboxylic acids is 2. The van der Waals surface area contributed by atoms with Crippen molar-refractivity contribution in [1.82, 2.24) is 0 Å². The van der Waals surface area contributed by atoms with Gasteiger partial charge in [0.15, 0.2) is 0 Å². The van der Waals surface area contributed by atoms with Crippen molar-refractivity contribution in [3.8, 4) is 6.07 Å². The molecule has 0 aliphatic heterocycles. The molecule has 26 heavy (non-hydrogen) atoms. The smallest absolute Gasteiger partial charge is 0.240 e. The molecule has 1 saturated carbocycles. The third-order valence-electron chi connectivity index (χ3n) is 4.54. The molecule has 0 radical (unpaired) electrons. The molecule has 5 nitrogen and oxygen atoms in total. The van der Waals surface area contributed by atoms with Gasteiger partial charge in [0.05, 0.1) is 22.3 Å². The Hall–Kier alpha value is -2.84. The molecule has 2 amide bonds. The molecule has 2 N–H and O–H groups in total. The van der Waals surface area contributed by atoms with Gasteiger partial charge in [-0.2, -0.15) is 5.26 Å². The SMILES string of the molecule is Cc1cc(C)c(NC(=O)C2(C(=O)Nc3cccc(C#N)c3)CC2)c(Cl)c1. The van der Waals surface area contributed by atoms with E-state index in [2.05, 4.69) is 10.6 Å². The normalized spacial score (nSPS) is 14.2. The summed E-state index contributed by atoms with van der Waals surface area (Å²) in [6.45, 7) is 3.79. The largest absolute Gasteiger partial charge is 0.325 e. The van der Waals surface area contributed by atoms with E-state index in [-0.39, 0.29) is 11.8 Å². The molecule has 1 aliphatic carbocycles. The van der Waals surface area contributed by atoms with Crippen LogP contribution in [0.4, 0.5) is 11.4 Å². The fraction of sp³-hybridized carbons (Fsp3) is 0.250. The van der Waals surface area contributed by atoms with Crippen LogP contribution in [0.3, 0.4) is 0 Å². The van der Waals surface area contributed by atoms with Crippen LogP contribution in [0.2, 0.25) is 5.02 Å². The Morgan fingerprint density at radius 1 is 1.12 bits per heavy atom. The van der Waals surface area contributed by atoms with Crippen LogP contribution in [0.15, 0.2) is 36.4 Å². The van der Waals surface area contributed by atoms with Crippen LogP contribution in [0.25, 0.3) is 0 Å². The number of hydrogen-bond donors (Lipinski definition) is 2. The first-order valence-corrected chi connectivity index (χ1v) is 8.63. The summed E-state index contributed by atoms with van der Waals surface area (Å²) in [6.07, 6.45) is 0.955. The van der Waals surface area contributed by atoms with Crippen molar-refractivity contribution in [2.75, 3.05) is 10.6 Å². The minimum Gasteiger partial charge on any atom is -0.325 e. The number of halogens is 1. The predicted octanol–water partition coefficient (Wildman–Crippen LogP) is 4.19. The number of nitriles is 1. The van der Waals surface area contributed by atoms with Gasteiger partial charge in [0.25, 0.3) is 0 Å². The maximum absolute atomic E-state index is 12.8. The maximum Gasteiger partial charge on any atom is 0.240 e. The van der Waals surface area contributed by atoms with E-state index in [1.165, 1.54) is 0 Å². The number of anilines is 2. The lowest BCUT2D eigenvalue weighted by atomic mass is 10.0.